The lowest BCUT2D eigenvalue weighted by Crippen LogP contribution is -2.17. The van der Waals surface area contributed by atoms with Gasteiger partial charge in [0.2, 0.25) is 0 Å². The Morgan fingerprint density at radius 3 is 2.53 bits per heavy atom. The van der Waals surface area contributed by atoms with Crippen molar-refractivity contribution in [1.29, 1.82) is 0 Å². The molecule has 1 aromatic carbocycles. The Labute approximate surface area is 99.5 Å². The van der Waals surface area contributed by atoms with Gasteiger partial charge >= 0.3 is 0 Å². The maximum Gasteiger partial charge on any atom is 0.145 e. The first-order valence-electron chi connectivity index (χ1n) is 5.44. The molecule has 0 bridgehead atoms. The maximum atomic E-state index is 13.4. The summed E-state index contributed by atoms with van der Waals surface area (Å²) in [6.45, 7) is 1.91. The topological polar surface area (TPSA) is 51.8 Å². The molecule has 0 aliphatic carbocycles. The number of hydrogen-bond donors (Lipinski definition) is 1. The first-order chi connectivity index (χ1) is 8.16. The third-order valence-electron chi connectivity index (χ3n) is 2.53. The Balaban J connectivity index is 2.14. The number of aromatic nitrogens is 2. The van der Waals surface area contributed by atoms with Crippen molar-refractivity contribution in [3.8, 4) is 0 Å². The molecule has 2 rings (SSSR count). The molecular formula is C13H14FN3. The fraction of sp³-hybridized carbons (Fsp3) is 0.231. The molecule has 1 atom stereocenters. The van der Waals surface area contributed by atoms with Gasteiger partial charge in [0.25, 0.3) is 0 Å². The summed E-state index contributed by atoms with van der Waals surface area (Å²) >= 11 is 0. The highest BCUT2D eigenvalue weighted by Gasteiger charge is 2.12. The average molecular weight is 231 g/mol. The standard InChI is InChI=1S/C13H14FN3/c1-9-7-16-13(17-8-9)12(15)6-10-4-2-3-5-11(10)14/h2-5,7-8,12H,6,15H2,1H3. The molecular weight excluding hydrogens is 217 g/mol. The first kappa shape index (κ1) is 11.7. The number of nitrogens with zero attached hydrogens (tertiary/aromatic N) is 2. The van der Waals surface area contributed by atoms with Crippen LogP contribution in [0.3, 0.4) is 0 Å². The van der Waals surface area contributed by atoms with Crippen LogP contribution in [0.4, 0.5) is 4.39 Å². The van der Waals surface area contributed by atoms with Crippen LogP contribution in [0.5, 0.6) is 0 Å². The van der Waals surface area contributed by atoms with Crippen molar-refractivity contribution in [2.24, 2.45) is 5.73 Å². The van der Waals surface area contributed by atoms with Gasteiger partial charge in [0.1, 0.15) is 11.6 Å². The number of halogens is 1. The van der Waals surface area contributed by atoms with Crippen LogP contribution in [0.1, 0.15) is 23.0 Å². The molecule has 1 unspecified atom stereocenters. The second-order valence-corrected chi connectivity index (χ2v) is 4.02. The summed E-state index contributed by atoms with van der Waals surface area (Å²) in [4.78, 5) is 8.29. The quantitative estimate of drug-likeness (QED) is 0.880. The summed E-state index contributed by atoms with van der Waals surface area (Å²) in [6.07, 6.45) is 3.82. The summed E-state index contributed by atoms with van der Waals surface area (Å²) in [5.74, 6) is 0.300. The lowest BCUT2D eigenvalue weighted by atomic mass is 10.1. The summed E-state index contributed by atoms with van der Waals surface area (Å²) < 4.78 is 13.4. The van der Waals surface area contributed by atoms with Crippen molar-refractivity contribution in [1.82, 2.24) is 9.97 Å². The molecule has 1 aromatic heterocycles. The fourth-order valence-electron chi connectivity index (χ4n) is 1.59. The third kappa shape index (κ3) is 2.85. The largest absolute Gasteiger partial charge is 0.321 e. The van der Waals surface area contributed by atoms with E-state index in [1.54, 1.807) is 30.6 Å². The summed E-state index contributed by atoms with van der Waals surface area (Å²) in [6, 6.07) is 6.22. The number of aryl methyl sites for hydroxylation is 1. The fourth-order valence-corrected chi connectivity index (χ4v) is 1.59. The zero-order valence-corrected chi connectivity index (χ0v) is 9.60. The molecule has 0 fully saturated rings. The minimum Gasteiger partial charge on any atom is -0.321 e. The maximum absolute atomic E-state index is 13.4. The van der Waals surface area contributed by atoms with Crippen LogP contribution >= 0.6 is 0 Å². The molecule has 1 heterocycles. The van der Waals surface area contributed by atoms with E-state index in [1.165, 1.54) is 6.07 Å². The molecule has 2 aromatic rings. The van der Waals surface area contributed by atoms with E-state index in [0.29, 0.717) is 17.8 Å². The monoisotopic (exact) mass is 231 g/mol. The second-order valence-electron chi connectivity index (χ2n) is 4.02. The van der Waals surface area contributed by atoms with E-state index in [-0.39, 0.29) is 11.9 Å². The highest BCUT2D eigenvalue weighted by Crippen LogP contribution is 2.15. The molecule has 88 valence electrons. The van der Waals surface area contributed by atoms with Gasteiger partial charge in [-0.25, -0.2) is 14.4 Å². The average Bonchev–Trinajstić information content (AvgIpc) is 2.33. The predicted molar refractivity (Wildman–Crippen MR) is 63.8 cm³/mol. The van der Waals surface area contributed by atoms with Crippen molar-refractivity contribution in [2.45, 2.75) is 19.4 Å². The molecule has 17 heavy (non-hydrogen) atoms. The second kappa shape index (κ2) is 5.01. The minimum absolute atomic E-state index is 0.241. The van der Waals surface area contributed by atoms with Crippen molar-refractivity contribution >= 4 is 0 Å². The Kier molecular flexibility index (Phi) is 3.44. The van der Waals surface area contributed by atoms with Crippen LogP contribution in [0, 0.1) is 12.7 Å². The number of nitrogens with two attached hydrogens (primary N) is 1. The van der Waals surface area contributed by atoms with Crippen LogP contribution in [0.15, 0.2) is 36.7 Å². The van der Waals surface area contributed by atoms with Gasteiger partial charge in [-0.2, -0.15) is 0 Å². The Hall–Kier alpha value is -1.81. The molecule has 0 saturated carbocycles. The molecule has 3 nitrogen and oxygen atoms in total. The van der Waals surface area contributed by atoms with E-state index in [4.69, 9.17) is 5.73 Å². The van der Waals surface area contributed by atoms with E-state index in [0.717, 1.165) is 5.56 Å². The van der Waals surface area contributed by atoms with Crippen molar-refractivity contribution in [3.05, 3.63) is 59.4 Å². The molecule has 0 radical (unpaired) electrons. The number of hydrogen-bond acceptors (Lipinski definition) is 3. The van der Waals surface area contributed by atoms with Gasteiger partial charge in [0.15, 0.2) is 0 Å². The van der Waals surface area contributed by atoms with Crippen LogP contribution in [0.2, 0.25) is 0 Å². The number of benzene rings is 1. The van der Waals surface area contributed by atoms with Gasteiger partial charge < -0.3 is 5.73 Å². The Morgan fingerprint density at radius 1 is 1.24 bits per heavy atom. The summed E-state index contributed by atoms with van der Waals surface area (Å²) in [5.41, 5.74) is 7.52. The highest BCUT2D eigenvalue weighted by molar-refractivity contribution is 5.19. The van der Waals surface area contributed by atoms with E-state index in [9.17, 15) is 4.39 Å². The van der Waals surface area contributed by atoms with Gasteiger partial charge in [-0.3, -0.25) is 0 Å². The van der Waals surface area contributed by atoms with Gasteiger partial charge in [-0.1, -0.05) is 18.2 Å². The van der Waals surface area contributed by atoms with E-state index in [2.05, 4.69) is 9.97 Å². The Bertz CT molecular complexity index is 496. The zero-order valence-electron chi connectivity index (χ0n) is 9.60. The highest BCUT2D eigenvalue weighted by atomic mass is 19.1. The van der Waals surface area contributed by atoms with E-state index < -0.39 is 0 Å². The van der Waals surface area contributed by atoms with Gasteiger partial charge in [-0.15, -0.1) is 0 Å². The van der Waals surface area contributed by atoms with Gasteiger partial charge in [-0.05, 0) is 30.5 Å². The SMILES string of the molecule is Cc1cnc(C(N)Cc2ccccc2F)nc1. The number of rotatable bonds is 3. The lowest BCUT2D eigenvalue weighted by molar-refractivity contribution is 0.584. The first-order valence-corrected chi connectivity index (χ1v) is 5.44. The van der Waals surface area contributed by atoms with Crippen molar-refractivity contribution < 1.29 is 4.39 Å². The molecule has 0 amide bonds. The zero-order chi connectivity index (χ0) is 12.3. The summed E-state index contributed by atoms with van der Waals surface area (Å²) in [7, 11) is 0. The predicted octanol–water partition coefficient (Wildman–Crippen LogP) is 2.17. The van der Waals surface area contributed by atoms with Crippen LogP contribution in [-0.2, 0) is 6.42 Å². The molecule has 0 aliphatic heterocycles. The smallest absolute Gasteiger partial charge is 0.145 e. The molecule has 0 saturated heterocycles. The van der Waals surface area contributed by atoms with Gasteiger partial charge in [0, 0.05) is 12.4 Å². The minimum atomic E-state index is -0.382. The van der Waals surface area contributed by atoms with Gasteiger partial charge in [0.05, 0.1) is 6.04 Å². The van der Waals surface area contributed by atoms with Crippen LogP contribution < -0.4 is 5.73 Å². The third-order valence-corrected chi connectivity index (χ3v) is 2.53. The van der Waals surface area contributed by atoms with Crippen molar-refractivity contribution in [2.75, 3.05) is 0 Å². The van der Waals surface area contributed by atoms with E-state index in [1.807, 2.05) is 6.92 Å². The summed E-state index contributed by atoms with van der Waals surface area (Å²) in [5, 5.41) is 0. The Morgan fingerprint density at radius 2 is 1.88 bits per heavy atom. The van der Waals surface area contributed by atoms with E-state index >= 15 is 0 Å². The normalized spacial score (nSPS) is 12.4. The lowest BCUT2D eigenvalue weighted by Gasteiger charge is -2.10. The van der Waals surface area contributed by atoms with Crippen LogP contribution in [-0.4, -0.2) is 9.97 Å². The van der Waals surface area contributed by atoms with Crippen LogP contribution in [0.25, 0.3) is 0 Å². The molecule has 4 heteroatoms. The molecule has 0 spiro atoms. The molecule has 0 aliphatic rings. The molecule has 2 N–H and O–H groups in total. The van der Waals surface area contributed by atoms with Crippen molar-refractivity contribution in [3.63, 3.8) is 0 Å².